The maximum absolute atomic E-state index is 12.4. The summed E-state index contributed by atoms with van der Waals surface area (Å²) in [6.45, 7) is 4.16. The van der Waals surface area contributed by atoms with E-state index >= 15 is 0 Å². The third kappa shape index (κ3) is 8.68. The number of aliphatic imine (C=N–C) groups is 1. The van der Waals surface area contributed by atoms with Crippen molar-refractivity contribution >= 4 is 5.96 Å². The normalized spacial score (nSPS) is 22.6. The molecule has 0 aromatic heterocycles. The lowest BCUT2D eigenvalue weighted by molar-refractivity contribution is -0.148. The van der Waals surface area contributed by atoms with Gasteiger partial charge in [0, 0.05) is 13.1 Å². The van der Waals surface area contributed by atoms with Gasteiger partial charge in [-0.2, -0.15) is 13.2 Å². The van der Waals surface area contributed by atoms with Crippen molar-refractivity contribution in [3.05, 3.63) is 0 Å². The highest BCUT2D eigenvalue weighted by molar-refractivity contribution is 5.79. The average molecular weight is 393 g/mol. The quantitative estimate of drug-likeness (QED) is 0.461. The van der Waals surface area contributed by atoms with E-state index in [2.05, 4.69) is 15.6 Å². The lowest BCUT2D eigenvalue weighted by Gasteiger charge is -2.32. The van der Waals surface area contributed by atoms with Gasteiger partial charge in [0.2, 0.25) is 0 Å². The third-order valence-electron chi connectivity index (χ3n) is 5.62. The van der Waals surface area contributed by atoms with E-state index in [1.807, 2.05) is 6.92 Å². The number of hydrogen-bond acceptors (Lipinski definition) is 3. The molecule has 0 unspecified atom stereocenters. The molecule has 1 aliphatic carbocycles. The van der Waals surface area contributed by atoms with Crippen molar-refractivity contribution in [1.82, 2.24) is 15.5 Å². The molecule has 1 saturated carbocycles. The van der Waals surface area contributed by atoms with Crippen LogP contribution in [-0.2, 0) is 0 Å². The van der Waals surface area contributed by atoms with Gasteiger partial charge in [0.1, 0.15) is 0 Å². The van der Waals surface area contributed by atoms with Crippen molar-refractivity contribution in [2.45, 2.75) is 70.1 Å². The van der Waals surface area contributed by atoms with Gasteiger partial charge in [-0.05, 0) is 58.0 Å². The molecule has 1 heterocycles. The van der Waals surface area contributed by atoms with Crippen LogP contribution in [0.1, 0.15) is 58.3 Å². The topological polar surface area (TPSA) is 59.9 Å². The van der Waals surface area contributed by atoms with E-state index < -0.39 is 18.3 Å². The van der Waals surface area contributed by atoms with Crippen LogP contribution in [0.25, 0.3) is 0 Å². The Kier molecular flexibility index (Phi) is 8.66. The van der Waals surface area contributed by atoms with Crippen molar-refractivity contribution in [3.63, 3.8) is 0 Å². The zero-order valence-corrected chi connectivity index (χ0v) is 16.5. The molecule has 158 valence electrons. The largest absolute Gasteiger partial charge is 0.401 e. The Bertz CT molecular complexity index is 456. The number of nitrogens with zero attached hydrogens (tertiary/aromatic N) is 2. The summed E-state index contributed by atoms with van der Waals surface area (Å²) in [6, 6.07) is 0. The summed E-state index contributed by atoms with van der Waals surface area (Å²) in [7, 11) is 0. The number of halogens is 3. The van der Waals surface area contributed by atoms with Crippen LogP contribution in [-0.4, -0.2) is 67.0 Å². The highest BCUT2D eigenvalue weighted by Gasteiger charge is 2.32. The first-order chi connectivity index (χ1) is 12.8. The van der Waals surface area contributed by atoms with Gasteiger partial charge in [0.25, 0.3) is 0 Å². The molecule has 3 N–H and O–H groups in total. The van der Waals surface area contributed by atoms with Crippen LogP contribution in [0.3, 0.4) is 0 Å². The van der Waals surface area contributed by atoms with E-state index in [0.717, 1.165) is 58.0 Å². The minimum atomic E-state index is -4.10. The van der Waals surface area contributed by atoms with E-state index in [1.54, 1.807) is 0 Å². The van der Waals surface area contributed by atoms with E-state index in [1.165, 1.54) is 11.3 Å². The van der Waals surface area contributed by atoms with Gasteiger partial charge in [-0.15, -0.1) is 0 Å². The Morgan fingerprint density at radius 2 is 1.81 bits per heavy atom. The first kappa shape index (κ1) is 22.3. The van der Waals surface area contributed by atoms with Crippen LogP contribution in [0.5, 0.6) is 0 Å². The molecule has 0 amide bonds. The molecule has 1 saturated heterocycles. The SMILES string of the molecule is CCNC(=NCC1(O)CCCCC1)NCCC1CCN(CC(F)(F)F)CC1. The molecule has 8 heteroatoms. The van der Waals surface area contributed by atoms with Crippen molar-refractivity contribution in [2.75, 3.05) is 39.3 Å². The molecule has 27 heavy (non-hydrogen) atoms. The number of nitrogens with one attached hydrogen (secondary N) is 2. The highest BCUT2D eigenvalue weighted by Crippen LogP contribution is 2.28. The Labute approximate surface area is 160 Å². The van der Waals surface area contributed by atoms with Crippen LogP contribution in [0, 0.1) is 5.92 Å². The van der Waals surface area contributed by atoms with E-state index in [4.69, 9.17) is 0 Å². The molecule has 2 aliphatic rings. The number of alkyl halides is 3. The molecule has 5 nitrogen and oxygen atoms in total. The summed E-state index contributed by atoms with van der Waals surface area (Å²) in [6.07, 6.45) is 3.37. The summed E-state index contributed by atoms with van der Waals surface area (Å²) >= 11 is 0. The second-order valence-electron chi connectivity index (χ2n) is 8.03. The second-order valence-corrected chi connectivity index (χ2v) is 8.03. The number of piperidine rings is 1. The van der Waals surface area contributed by atoms with E-state index in [0.29, 0.717) is 31.5 Å². The first-order valence-electron chi connectivity index (χ1n) is 10.3. The van der Waals surface area contributed by atoms with Crippen molar-refractivity contribution in [3.8, 4) is 0 Å². The molecule has 1 aliphatic heterocycles. The van der Waals surface area contributed by atoms with Crippen LogP contribution < -0.4 is 10.6 Å². The number of hydrogen-bond donors (Lipinski definition) is 3. The van der Waals surface area contributed by atoms with Crippen LogP contribution in [0.15, 0.2) is 4.99 Å². The predicted molar refractivity (Wildman–Crippen MR) is 102 cm³/mol. The van der Waals surface area contributed by atoms with Crippen LogP contribution >= 0.6 is 0 Å². The fourth-order valence-corrected chi connectivity index (χ4v) is 4.02. The molecule has 0 aromatic rings. The Morgan fingerprint density at radius 1 is 1.15 bits per heavy atom. The third-order valence-corrected chi connectivity index (χ3v) is 5.62. The molecule has 0 spiro atoms. The molecule has 0 aromatic carbocycles. The predicted octanol–water partition coefficient (Wildman–Crippen LogP) is 2.90. The van der Waals surface area contributed by atoms with Crippen molar-refractivity contribution < 1.29 is 18.3 Å². The Hall–Kier alpha value is -1.02. The lowest BCUT2D eigenvalue weighted by atomic mass is 9.85. The molecule has 2 rings (SSSR count). The smallest absolute Gasteiger partial charge is 0.388 e. The minimum Gasteiger partial charge on any atom is -0.388 e. The average Bonchev–Trinajstić information content (AvgIpc) is 2.60. The van der Waals surface area contributed by atoms with E-state index in [-0.39, 0.29) is 0 Å². The van der Waals surface area contributed by atoms with Crippen molar-refractivity contribution in [1.29, 1.82) is 0 Å². The van der Waals surface area contributed by atoms with E-state index in [9.17, 15) is 18.3 Å². The number of aliphatic hydroxyl groups is 1. The Balaban J connectivity index is 1.69. The van der Waals surface area contributed by atoms with Crippen molar-refractivity contribution in [2.24, 2.45) is 10.9 Å². The summed E-state index contributed by atoms with van der Waals surface area (Å²) in [5, 5.41) is 17.1. The molecule has 2 fully saturated rings. The summed E-state index contributed by atoms with van der Waals surface area (Å²) in [4.78, 5) is 6.06. The second kappa shape index (κ2) is 10.5. The molecule has 0 radical (unpaired) electrons. The summed E-state index contributed by atoms with van der Waals surface area (Å²) < 4.78 is 37.3. The molecular formula is C19H35F3N4O. The van der Waals surface area contributed by atoms with Crippen LogP contribution in [0.4, 0.5) is 13.2 Å². The molecular weight excluding hydrogens is 357 g/mol. The number of rotatable bonds is 7. The van der Waals surface area contributed by atoms with Gasteiger partial charge in [-0.3, -0.25) is 9.89 Å². The zero-order chi connectivity index (χ0) is 19.8. The standard InChI is InChI=1S/C19H35F3N4O/c1-2-23-17(25-14-18(27)9-4-3-5-10-18)24-11-6-16-7-12-26(13-8-16)15-19(20,21)22/h16,27H,2-15H2,1H3,(H2,23,24,25). The summed E-state index contributed by atoms with van der Waals surface area (Å²) in [5.41, 5.74) is -0.675. The zero-order valence-electron chi connectivity index (χ0n) is 16.5. The maximum atomic E-state index is 12.4. The van der Waals surface area contributed by atoms with Gasteiger partial charge in [0.15, 0.2) is 5.96 Å². The minimum absolute atomic E-state index is 0.415. The van der Waals surface area contributed by atoms with Gasteiger partial charge in [0.05, 0.1) is 18.7 Å². The lowest BCUT2D eigenvalue weighted by Crippen LogP contribution is -2.42. The van der Waals surface area contributed by atoms with Crippen LogP contribution in [0.2, 0.25) is 0 Å². The number of likely N-dealkylation sites (tertiary alicyclic amines) is 1. The Morgan fingerprint density at radius 3 is 2.41 bits per heavy atom. The first-order valence-corrected chi connectivity index (χ1v) is 10.3. The number of guanidine groups is 1. The molecule has 0 atom stereocenters. The van der Waals surface area contributed by atoms with Gasteiger partial charge in [-0.25, -0.2) is 0 Å². The van der Waals surface area contributed by atoms with Gasteiger partial charge < -0.3 is 15.7 Å². The van der Waals surface area contributed by atoms with Gasteiger partial charge >= 0.3 is 6.18 Å². The van der Waals surface area contributed by atoms with Gasteiger partial charge in [-0.1, -0.05) is 19.3 Å². The molecule has 0 bridgehead atoms. The fraction of sp³-hybridized carbons (Fsp3) is 0.947. The monoisotopic (exact) mass is 392 g/mol. The maximum Gasteiger partial charge on any atom is 0.401 e. The highest BCUT2D eigenvalue weighted by atomic mass is 19.4. The summed E-state index contributed by atoms with van der Waals surface area (Å²) in [5.74, 6) is 1.17. The fourth-order valence-electron chi connectivity index (χ4n) is 4.02.